The minimum absolute atomic E-state index is 0.0836. The Bertz CT molecular complexity index is 2330. The van der Waals surface area contributed by atoms with E-state index in [1.165, 1.54) is 43.7 Å². The quantitative estimate of drug-likeness (QED) is 0.0679. The molecule has 2 nitrogen and oxygen atoms in total. The van der Waals surface area contributed by atoms with Crippen LogP contribution < -0.4 is 5.32 Å². The molecule has 0 fully saturated rings. The van der Waals surface area contributed by atoms with Gasteiger partial charge in [0.1, 0.15) is 0 Å². The van der Waals surface area contributed by atoms with Gasteiger partial charge in [-0.3, -0.25) is 0 Å². The van der Waals surface area contributed by atoms with Crippen LogP contribution in [0.25, 0.3) is 33.7 Å². The van der Waals surface area contributed by atoms with Gasteiger partial charge >= 0.3 is 0 Å². The number of likely N-dealkylation sites (N-methyl/N-ethyl adjacent to an activating group) is 1. The van der Waals surface area contributed by atoms with Crippen LogP contribution in [0.5, 0.6) is 0 Å². The maximum atomic E-state index is 6.06. The van der Waals surface area contributed by atoms with Gasteiger partial charge in [-0.05, 0) is 115 Å². The molecular weight excluding hydrogens is 687 g/mol. The molecule has 290 valence electrons. The average Bonchev–Trinajstić information content (AvgIpc) is 3.23. The summed E-state index contributed by atoms with van der Waals surface area (Å²) in [6.45, 7) is 22.8. The second kappa shape index (κ2) is 20.4. The van der Waals surface area contributed by atoms with Gasteiger partial charge in [0, 0.05) is 19.2 Å². The molecule has 0 saturated heterocycles. The summed E-state index contributed by atoms with van der Waals surface area (Å²) in [7, 11) is 2.12. The molecule has 0 bridgehead atoms. The Balaban J connectivity index is 1.48. The maximum absolute atomic E-state index is 6.06. The Morgan fingerprint density at radius 3 is 2.46 bits per heavy atom. The lowest BCUT2D eigenvalue weighted by atomic mass is 9.33. The van der Waals surface area contributed by atoms with E-state index in [4.69, 9.17) is 6.42 Å². The summed E-state index contributed by atoms with van der Waals surface area (Å²) in [5.41, 5.74) is 11.7. The van der Waals surface area contributed by atoms with E-state index >= 15 is 0 Å². The maximum Gasteiger partial charge on any atom is 0.186 e. The fourth-order valence-corrected chi connectivity index (χ4v) is 8.44. The van der Waals surface area contributed by atoms with Crippen LogP contribution in [0.3, 0.4) is 0 Å². The van der Waals surface area contributed by atoms with Crippen LogP contribution in [0.15, 0.2) is 168 Å². The van der Waals surface area contributed by atoms with Crippen LogP contribution >= 0.6 is 0 Å². The highest BCUT2D eigenvalue weighted by Crippen LogP contribution is 2.39. The topological polar surface area (TPSA) is 15.3 Å². The average molecular weight is 749 g/mol. The number of hydrogen-bond donors (Lipinski definition) is 1. The Hall–Kier alpha value is -5.72. The molecule has 2 atom stereocenters. The highest BCUT2D eigenvalue weighted by atomic mass is 15.1. The van der Waals surface area contributed by atoms with E-state index in [1.807, 2.05) is 12.2 Å². The van der Waals surface area contributed by atoms with Gasteiger partial charge in [-0.1, -0.05) is 171 Å². The minimum atomic E-state index is -0.0836. The Morgan fingerprint density at radius 2 is 1.77 bits per heavy atom. The fourth-order valence-electron chi connectivity index (χ4n) is 8.44. The molecule has 1 N–H and O–H groups in total. The molecule has 0 saturated carbocycles. The summed E-state index contributed by atoms with van der Waals surface area (Å²) in [5.74, 6) is 3.36. The van der Waals surface area contributed by atoms with Crippen molar-refractivity contribution >= 4 is 40.4 Å². The summed E-state index contributed by atoms with van der Waals surface area (Å²) in [4.78, 5) is 2.26. The number of nitrogens with zero attached hydrogens (tertiary/aromatic N) is 1. The first-order chi connectivity index (χ1) is 27.7. The second-order valence-corrected chi connectivity index (χ2v) is 15.2. The summed E-state index contributed by atoms with van der Waals surface area (Å²) >= 11 is 0. The predicted octanol–water partition coefficient (Wildman–Crippen LogP) is 14.0. The van der Waals surface area contributed by atoms with E-state index in [0.29, 0.717) is 12.5 Å². The SMILES string of the molecule is C#CC1=C(C(=C(C)C)N(C)CC)NC(c2ccc3ccc4c(C/C=C\C5=CC=CC(B(C/C=C\C=C/CC)C(/C=C\C)=C/C)C5)ccc(C=C)c4c3c2C=C)C=C1. The number of dihydropyridines is 1. The first kappa shape index (κ1) is 42.4. The number of terminal acetylenes is 1. The van der Waals surface area contributed by atoms with E-state index in [2.05, 4.69) is 199 Å². The number of rotatable bonds is 16. The van der Waals surface area contributed by atoms with Gasteiger partial charge in [-0.15, -0.1) is 6.42 Å². The van der Waals surface area contributed by atoms with E-state index < -0.39 is 0 Å². The van der Waals surface area contributed by atoms with Crippen LogP contribution in [-0.2, 0) is 6.42 Å². The summed E-state index contributed by atoms with van der Waals surface area (Å²) < 4.78 is 0. The smallest absolute Gasteiger partial charge is 0.186 e. The van der Waals surface area contributed by atoms with Gasteiger partial charge in [-0.25, -0.2) is 0 Å². The first-order valence-corrected chi connectivity index (χ1v) is 20.7. The predicted molar refractivity (Wildman–Crippen MR) is 255 cm³/mol. The van der Waals surface area contributed by atoms with Crippen LogP contribution in [0.1, 0.15) is 82.7 Å². The molecule has 1 aliphatic carbocycles. The molecule has 5 rings (SSSR count). The molecule has 0 radical (unpaired) electrons. The van der Waals surface area contributed by atoms with Gasteiger partial charge in [-0.2, -0.15) is 0 Å². The van der Waals surface area contributed by atoms with Crippen molar-refractivity contribution in [3.05, 3.63) is 190 Å². The third kappa shape index (κ3) is 9.64. The summed E-state index contributed by atoms with van der Waals surface area (Å²) in [5, 5.41) is 8.69. The third-order valence-corrected chi connectivity index (χ3v) is 11.3. The lowest BCUT2D eigenvalue weighted by Crippen LogP contribution is -2.31. The molecule has 2 aliphatic rings. The lowest BCUT2D eigenvalue weighted by molar-refractivity contribution is 0.433. The standard InChI is InChI=1S/C54H61BN2/c1-11-18-19-20-21-37-55(45(15-5)24-12-2)46-28-23-26-40(38-46)25-22-27-43-30-29-41(13-3)51-48(43)34-31-44-32-35-49(47(16-6)52(44)51)50-36-33-42(14-4)53(56-50)54(39(8)9)57(10)17-7/h4,12-13,15-16,18-26,28-36,46,50,56H,3,6,11,17,27,37-38H2,1-2,5,7-10H3/b19-18-,21-20-,24-12-,25-22-,45-15+. The van der Waals surface area contributed by atoms with E-state index in [1.54, 1.807) is 0 Å². The van der Waals surface area contributed by atoms with Crippen molar-refractivity contribution in [2.24, 2.45) is 0 Å². The molecular formula is C54H61BN2. The van der Waals surface area contributed by atoms with Crippen molar-refractivity contribution in [1.82, 2.24) is 10.2 Å². The monoisotopic (exact) mass is 748 g/mol. The van der Waals surface area contributed by atoms with Gasteiger partial charge in [0.2, 0.25) is 0 Å². The van der Waals surface area contributed by atoms with E-state index in [-0.39, 0.29) is 6.04 Å². The van der Waals surface area contributed by atoms with Gasteiger partial charge in [0.15, 0.2) is 6.71 Å². The van der Waals surface area contributed by atoms with Crippen molar-refractivity contribution in [3.8, 4) is 12.3 Å². The van der Waals surface area contributed by atoms with Gasteiger partial charge in [0.25, 0.3) is 0 Å². The zero-order valence-corrected chi connectivity index (χ0v) is 35.4. The number of allylic oxidation sites excluding steroid dienone is 17. The Labute approximate surface area is 344 Å². The van der Waals surface area contributed by atoms with E-state index in [0.717, 1.165) is 65.8 Å². The number of nitrogens with one attached hydrogen (secondary N) is 1. The summed E-state index contributed by atoms with van der Waals surface area (Å²) in [6.07, 6.45) is 45.5. The van der Waals surface area contributed by atoms with Crippen molar-refractivity contribution in [1.29, 1.82) is 0 Å². The van der Waals surface area contributed by atoms with Crippen molar-refractivity contribution in [2.75, 3.05) is 13.6 Å². The molecule has 1 aliphatic heterocycles. The number of benzene rings is 3. The molecule has 2 unspecified atom stereocenters. The highest BCUT2D eigenvalue weighted by Gasteiger charge is 2.27. The molecule has 3 heteroatoms. The van der Waals surface area contributed by atoms with Crippen LogP contribution in [0.2, 0.25) is 12.1 Å². The second-order valence-electron chi connectivity index (χ2n) is 15.2. The third-order valence-electron chi connectivity index (χ3n) is 11.3. The fraction of sp³-hybridized carbons (Fsp3) is 0.259. The molecule has 1 heterocycles. The first-order valence-electron chi connectivity index (χ1n) is 20.7. The molecule has 0 spiro atoms. The van der Waals surface area contributed by atoms with Crippen molar-refractivity contribution in [3.63, 3.8) is 0 Å². The molecule has 57 heavy (non-hydrogen) atoms. The van der Waals surface area contributed by atoms with Crippen molar-refractivity contribution < 1.29 is 0 Å². The lowest BCUT2D eigenvalue weighted by Gasteiger charge is -2.32. The van der Waals surface area contributed by atoms with Gasteiger partial charge < -0.3 is 10.2 Å². The zero-order chi connectivity index (χ0) is 40.9. The minimum Gasteiger partial charge on any atom is -0.373 e. The Morgan fingerprint density at radius 1 is 0.982 bits per heavy atom. The normalized spacial score (nSPS) is 17.2. The number of fused-ring (bicyclic) bond motifs is 3. The highest BCUT2D eigenvalue weighted by molar-refractivity contribution is 6.70. The molecule has 3 aromatic carbocycles. The Kier molecular flexibility index (Phi) is 15.2. The summed E-state index contributed by atoms with van der Waals surface area (Å²) in [6, 6.07) is 13.4. The van der Waals surface area contributed by atoms with Crippen LogP contribution in [-0.4, -0.2) is 25.2 Å². The molecule has 3 aromatic rings. The molecule has 0 aromatic heterocycles. The number of hydrogen-bond acceptors (Lipinski definition) is 2. The van der Waals surface area contributed by atoms with Crippen LogP contribution in [0, 0.1) is 12.3 Å². The largest absolute Gasteiger partial charge is 0.373 e. The van der Waals surface area contributed by atoms with Gasteiger partial charge in [0.05, 0.1) is 17.4 Å². The zero-order valence-electron chi connectivity index (χ0n) is 35.4. The molecule has 0 amide bonds. The van der Waals surface area contributed by atoms with Crippen LogP contribution in [0.4, 0.5) is 0 Å². The van der Waals surface area contributed by atoms with E-state index in [9.17, 15) is 0 Å². The van der Waals surface area contributed by atoms with Crippen molar-refractivity contribution in [2.45, 2.75) is 79.0 Å².